The Kier molecular flexibility index (Phi) is 2.07. The van der Waals surface area contributed by atoms with Crippen LogP contribution >= 0.6 is 22.6 Å². The summed E-state index contributed by atoms with van der Waals surface area (Å²) in [6.45, 7) is 0. The third-order valence-electron chi connectivity index (χ3n) is 1.48. The molecule has 0 aliphatic heterocycles. The molecule has 0 aliphatic rings. The molecule has 1 heterocycles. The van der Waals surface area contributed by atoms with Gasteiger partial charge in [-0.2, -0.15) is 0 Å². The highest BCUT2D eigenvalue weighted by atomic mass is 127. The molecule has 0 amide bonds. The number of hydrogen-bond acceptors (Lipinski definition) is 3. The maximum atomic E-state index is 4.98. The highest BCUT2D eigenvalue weighted by Gasteiger charge is 2.07. The van der Waals surface area contributed by atoms with Crippen LogP contribution in [0.3, 0.4) is 0 Å². The molecule has 0 saturated carbocycles. The molecule has 2 rings (SSSR count). The maximum absolute atomic E-state index is 4.98. The second kappa shape index (κ2) is 3.22. The van der Waals surface area contributed by atoms with E-state index in [1.807, 2.05) is 30.3 Å². The van der Waals surface area contributed by atoms with Gasteiger partial charge in [-0.3, -0.25) is 0 Å². The molecule has 0 bridgehead atoms. The molecular formula is C8H5IN2O. The molecule has 4 heteroatoms. The molecule has 0 saturated heterocycles. The Balaban J connectivity index is 2.51. The van der Waals surface area contributed by atoms with Crippen molar-refractivity contribution < 1.29 is 4.52 Å². The van der Waals surface area contributed by atoms with Gasteiger partial charge in [0.2, 0.25) is 5.76 Å². The quantitative estimate of drug-likeness (QED) is 0.748. The molecule has 0 fully saturated rings. The van der Waals surface area contributed by atoms with Crippen LogP contribution in [0.15, 0.2) is 34.9 Å². The normalized spacial score (nSPS) is 10.1. The molecule has 0 unspecified atom stereocenters. The number of hydrogen-bond donors (Lipinski definition) is 0. The zero-order chi connectivity index (χ0) is 8.39. The van der Waals surface area contributed by atoms with Crippen LogP contribution in [0.2, 0.25) is 0 Å². The fourth-order valence-corrected chi connectivity index (χ4v) is 1.44. The molecule has 1 aromatic heterocycles. The fourth-order valence-electron chi connectivity index (χ4n) is 0.941. The van der Waals surface area contributed by atoms with Gasteiger partial charge in [0.15, 0.2) is 3.70 Å². The lowest BCUT2D eigenvalue weighted by Crippen LogP contribution is -1.76. The van der Waals surface area contributed by atoms with E-state index in [0.29, 0.717) is 0 Å². The Labute approximate surface area is 82.9 Å². The van der Waals surface area contributed by atoms with E-state index in [0.717, 1.165) is 15.0 Å². The van der Waals surface area contributed by atoms with Gasteiger partial charge in [0.05, 0.1) is 0 Å². The highest BCUT2D eigenvalue weighted by Crippen LogP contribution is 2.22. The van der Waals surface area contributed by atoms with Crippen LogP contribution in [0, 0.1) is 3.70 Å². The van der Waals surface area contributed by atoms with E-state index in [1.54, 1.807) is 0 Å². The van der Waals surface area contributed by atoms with Gasteiger partial charge >= 0.3 is 0 Å². The molecule has 2 aromatic rings. The third-order valence-corrected chi connectivity index (χ3v) is 2.19. The summed E-state index contributed by atoms with van der Waals surface area (Å²) < 4.78 is 5.77. The summed E-state index contributed by atoms with van der Waals surface area (Å²) in [4.78, 5) is 0. The summed E-state index contributed by atoms with van der Waals surface area (Å²) >= 11 is 2.09. The molecule has 0 aliphatic carbocycles. The lowest BCUT2D eigenvalue weighted by Gasteiger charge is -1.92. The minimum atomic E-state index is 0.733. The lowest BCUT2D eigenvalue weighted by atomic mass is 10.2. The van der Waals surface area contributed by atoms with E-state index in [1.165, 1.54) is 0 Å². The van der Waals surface area contributed by atoms with Crippen molar-refractivity contribution in [3.8, 4) is 11.3 Å². The maximum Gasteiger partial charge on any atom is 0.200 e. The second-order valence-electron chi connectivity index (χ2n) is 2.26. The molecule has 3 nitrogen and oxygen atoms in total. The molecular weight excluding hydrogens is 267 g/mol. The number of aromatic nitrogens is 2. The van der Waals surface area contributed by atoms with Crippen molar-refractivity contribution >= 4 is 22.6 Å². The predicted molar refractivity (Wildman–Crippen MR) is 52.5 cm³/mol. The predicted octanol–water partition coefficient (Wildman–Crippen LogP) is 2.34. The molecule has 1 aromatic carbocycles. The minimum absolute atomic E-state index is 0.733. The van der Waals surface area contributed by atoms with Crippen LogP contribution in [0.25, 0.3) is 11.3 Å². The van der Waals surface area contributed by atoms with E-state index in [4.69, 9.17) is 4.52 Å². The van der Waals surface area contributed by atoms with Gasteiger partial charge in [0, 0.05) is 10.8 Å². The molecule has 60 valence electrons. The summed E-state index contributed by atoms with van der Waals surface area (Å²) in [5.41, 5.74) is 1.01. The Morgan fingerprint density at radius 1 is 1.17 bits per heavy atom. The molecule has 0 spiro atoms. The average molecular weight is 272 g/mol. The Bertz CT molecular complexity index is 372. The zero-order valence-electron chi connectivity index (χ0n) is 6.07. The third kappa shape index (κ3) is 1.34. The molecule has 0 N–H and O–H groups in total. The zero-order valence-corrected chi connectivity index (χ0v) is 8.22. The van der Waals surface area contributed by atoms with Gasteiger partial charge < -0.3 is 4.52 Å². The van der Waals surface area contributed by atoms with E-state index in [9.17, 15) is 0 Å². The lowest BCUT2D eigenvalue weighted by molar-refractivity contribution is 0.403. The van der Waals surface area contributed by atoms with E-state index < -0.39 is 0 Å². The van der Waals surface area contributed by atoms with Gasteiger partial charge in [-0.15, -0.1) is 5.10 Å². The first kappa shape index (κ1) is 7.72. The number of rotatable bonds is 1. The van der Waals surface area contributed by atoms with Crippen molar-refractivity contribution in [3.63, 3.8) is 0 Å². The number of nitrogens with zero attached hydrogens (tertiary/aromatic N) is 2. The summed E-state index contributed by atoms with van der Waals surface area (Å²) in [6, 6.07) is 9.79. The average Bonchev–Trinajstić information content (AvgIpc) is 2.53. The smallest absolute Gasteiger partial charge is 0.200 e. The van der Waals surface area contributed by atoms with Crippen molar-refractivity contribution in [1.29, 1.82) is 0 Å². The highest BCUT2D eigenvalue weighted by molar-refractivity contribution is 14.1. The number of benzene rings is 1. The van der Waals surface area contributed by atoms with Crippen LogP contribution in [0.1, 0.15) is 0 Å². The number of halogens is 1. The molecule has 0 radical (unpaired) electrons. The van der Waals surface area contributed by atoms with Crippen LogP contribution in [0.5, 0.6) is 0 Å². The van der Waals surface area contributed by atoms with Gasteiger partial charge in [0.25, 0.3) is 0 Å². The van der Waals surface area contributed by atoms with E-state index in [-0.39, 0.29) is 0 Å². The van der Waals surface area contributed by atoms with Gasteiger partial charge in [-0.25, -0.2) is 0 Å². The summed E-state index contributed by atoms with van der Waals surface area (Å²) in [5, 5.41) is 7.23. The van der Waals surface area contributed by atoms with Crippen molar-refractivity contribution in [2.45, 2.75) is 0 Å². The summed E-state index contributed by atoms with van der Waals surface area (Å²) in [7, 11) is 0. The van der Waals surface area contributed by atoms with E-state index in [2.05, 4.69) is 33.0 Å². The van der Waals surface area contributed by atoms with Crippen molar-refractivity contribution in [1.82, 2.24) is 10.4 Å². The Morgan fingerprint density at radius 2 is 1.92 bits per heavy atom. The first-order valence-corrected chi connectivity index (χ1v) is 4.49. The van der Waals surface area contributed by atoms with Crippen molar-refractivity contribution in [3.05, 3.63) is 34.0 Å². The van der Waals surface area contributed by atoms with Crippen molar-refractivity contribution in [2.75, 3.05) is 0 Å². The van der Waals surface area contributed by atoms with E-state index >= 15 is 0 Å². The van der Waals surface area contributed by atoms with Crippen molar-refractivity contribution in [2.24, 2.45) is 0 Å². The fraction of sp³-hybridized carbons (Fsp3) is 0. The first-order chi connectivity index (χ1) is 5.88. The molecule has 0 atom stereocenters. The van der Waals surface area contributed by atoms with Crippen LogP contribution in [-0.2, 0) is 0 Å². The molecule has 12 heavy (non-hydrogen) atoms. The Hall–Kier alpha value is -0.910. The Morgan fingerprint density at radius 3 is 2.50 bits per heavy atom. The largest absolute Gasteiger partial charge is 0.336 e. The SMILES string of the molecule is Ic1nnoc1-c1ccccc1. The second-order valence-corrected chi connectivity index (χ2v) is 3.28. The summed E-state index contributed by atoms with van der Waals surface area (Å²) in [5.74, 6) is 0.733. The van der Waals surface area contributed by atoms with Crippen LogP contribution in [-0.4, -0.2) is 10.4 Å². The van der Waals surface area contributed by atoms with Gasteiger partial charge in [-0.1, -0.05) is 30.3 Å². The minimum Gasteiger partial charge on any atom is -0.336 e. The van der Waals surface area contributed by atoms with Gasteiger partial charge in [-0.05, 0) is 22.6 Å². The van der Waals surface area contributed by atoms with Gasteiger partial charge in [0.1, 0.15) is 0 Å². The topological polar surface area (TPSA) is 38.9 Å². The van der Waals surface area contributed by atoms with Crippen LogP contribution in [0.4, 0.5) is 0 Å². The first-order valence-electron chi connectivity index (χ1n) is 3.41. The standard InChI is InChI=1S/C8H5IN2O/c9-8-7(12-11-10-8)6-4-2-1-3-5-6/h1-5H. The monoisotopic (exact) mass is 272 g/mol. The summed E-state index contributed by atoms with van der Waals surface area (Å²) in [6.07, 6.45) is 0. The van der Waals surface area contributed by atoms with Crippen LogP contribution < -0.4 is 0 Å².